The van der Waals surface area contributed by atoms with Gasteiger partial charge in [0, 0.05) is 24.4 Å². The minimum atomic E-state index is -4.32. The average molecular weight is 356 g/mol. The number of alkyl halides is 3. The fourth-order valence-electron chi connectivity index (χ4n) is 2.83. The maximum Gasteiger partial charge on any atom is 0.416 e. The Morgan fingerprint density at radius 2 is 1.92 bits per heavy atom. The number of hydrogen-bond donors (Lipinski definition) is 0. The van der Waals surface area contributed by atoms with Crippen LogP contribution in [-0.2, 0) is 17.3 Å². The van der Waals surface area contributed by atoms with E-state index in [0.29, 0.717) is 25.2 Å². The summed E-state index contributed by atoms with van der Waals surface area (Å²) in [6.45, 7) is 6.47. The molecule has 0 bridgehead atoms. The van der Waals surface area contributed by atoms with Crippen molar-refractivity contribution in [3.05, 3.63) is 45.5 Å². The van der Waals surface area contributed by atoms with Crippen molar-refractivity contribution in [2.24, 2.45) is 0 Å². The lowest BCUT2D eigenvalue weighted by Crippen LogP contribution is -2.36. The molecule has 2 heterocycles. The van der Waals surface area contributed by atoms with Crippen LogP contribution in [0.5, 0.6) is 0 Å². The average Bonchev–Trinajstić information content (AvgIpc) is 2.90. The molecule has 0 saturated carbocycles. The van der Waals surface area contributed by atoms with Gasteiger partial charge in [0.1, 0.15) is 0 Å². The van der Waals surface area contributed by atoms with Crippen LogP contribution in [0.3, 0.4) is 0 Å². The van der Waals surface area contributed by atoms with E-state index in [1.54, 1.807) is 17.4 Å². The highest BCUT2D eigenvalue weighted by molar-refractivity contribution is 7.15. The van der Waals surface area contributed by atoms with Crippen LogP contribution >= 0.6 is 11.3 Å². The largest absolute Gasteiger partial charge is 0.416 e. The van der Waals surface area contributed by atoms with Crippen molar-refractivity contribution in [2.45, 2.75) is 26.4 Å². The summed E-state index contributed by atoms with van der Waals surface area (Å²) in [7, 11) is 0. The molecule has 1 aliphatic heterocycles. The zero-order chi connectivity index (χ0) is 17.3. The normalized spacial score (nSPS) is 15.8. The number of nitrogens with zero attached hydrogens (tertiary/aromatic N) is 2. The fraction of sp³-hybridized carbons (Fsp3) is 0.471. The highest BCUT2D eigenvalue weighted by Crippen LogP contribution is 2.34. The van der Waals surface area contributed by atoms with E-state index < -0.39 is 11.7 Å². The number of thiazole rings is 1. The van der Waals surface area contributed by atoms with Gasteiger partial charge in [0.2, 0.25) is 0 Å². The summed E-state index contributed by atoms with van der Waals surface area (Å²) in [5.74, 6) is 0. The predicted molar refractivity (Wildman–Crippen MR) is 88.9 cm³/mol. The number of hydrogen-bond acceptors (Lipinski definition) is 4. The zero-order valence-corrected chi connectivity index (χ0v) is 14.4. The van der Waals surface area contributed by atoms with E-state index in [2.05, 4.69) is 9.88 Å². The van der Waals surface area contributed by atoms with Crippen molar-refractivity contribution >= 4 is 16.5 Å². The summed E-state index contributed by atoms with van der Waals surface area (Å²) < 4.78 is 44.5. The number of ether oxygens (including phenoxy) is 1. The van der Waals surface area contributed by atoms with E-state index >= 15 is 0 Å². The molecule has 1 saturated heterocycles. The molecular formula is C17H19F3N2OS. The maximum absolute atomic E-state index is 13.1. The Labute approximate surface area is 143 Å². The van der Waals surface area contributed by atoms with Crippen LogP contribution in [0, 0.1) is 13.8 Å². The lowest BCUT2D eigenvalue weighted by atomic mass is 9.98. The Morgan fingerprint density at radius 1 is 1.21 bits per heavy atom. The van der Waals surface area contributed by atoms with Crippen LogP contribution in [0.4, 0.5) is 18.3 Å². The number of morpholine rings is 1. The molecule has 0 N–H and O–H groups in total. The minimum Gasteiger partial charge on any atom is -0.378 e. The third-order valence-electron chi connectivity index (χ3n) is 4.27. The lowest BCUT2D eigenvalue weighted by Gasteiger charge is -2.26. The molecule has 0 aliphatic carbocycles. The van der Waals surface area contributed by atoms with Gasteiger partial charge in [-0.2, -0.15) is 13.2 Å². The Hall–Kier alpha value is -1.60. The highest BCUT2D eigenvalue weighted by Gasteiger charge is 2.32. The van der Waals surface area contributed by atoms with Crippen LogP contribution in [0.15, 0.2) is 18.2 Å². The first-order valence-electron chi connectivity index (χ1n) is 7.81. The topological polar surface area (TPSA) is 25.4 Å². The molecule has 3 nitrogen and oxygen atoms in total. The molecule has 130 valence electrons. The molecule has 0 radical (unpaired) electrons. The van der Waals surface area contributed by atoms with E-state index in [1.165, 1.54) is 13.0 Å². The molecule has 1 fully saturated rings. The number of rotatable bonds is 3. The molecule has 0 atom stereocenters. The first kappa shape index (κ1) is 17.2. The Balaban J connectivity index is 1.85. The molecule has 3 rings (SSSR count). The van der Waals surface area contributed by atoms with E-state index in [1.807, 2.05) is 6.92 Å². The Kier molecular flexibility index (Phi) is 4.83. The lowest BCUT2D eigenvalue weighted by molar-refractivity contribution is -0.138. The summed E-state index contributed by atoms with van der Waals surface area (Å²) in [6, 6.07) is 4.35. The number of aromatic nitrogens is 1. The van der Waals surface area contributed by atoms with Crippen LogP contribution in [0.25, 0.3) is 0 Å². The van der Waals surface area contributed by atoms with E-state index in [0.717, 1.165) is 34.9 Å². The summed E-state index contributed by atoms with van der Waals surface area (Å²) in [5, 5.41) is 0.926. The number of aryl methyl sites for hydroxylation is 1. The van der Waals surface area contributed by atoms with E-state index in [-0.39, 0.29) is 5.56 Å². The Bertz CT molecular complexity index is 721. The smallest absolute Gasteiger partial charge is 0.378 e. The number of anilines is 1. The van der Waals surface area contributed by atoms with Gasteiger partial charge in [-0.15, -0.1) is 11.3 Å². The molecule has 1 aromatic heterocycles. The molecule has 1 aromatic carbocycles. The van der Waals surface area contributed by atoms with Gasteiger partial charge in [0.15, 0.2) is 5.13 Å². The van der Waals surface area contributed by atoms with Gasteiger partial charge >= 0.3 is 6.18 Å². The second-order valence-corrected chi connectivity index (χ2v) is 7.04. The molecule has 0 spiro atoms. The van der Waals surface area contributed by atoms with E-state index in [9.17, 15) is 13.2 Å². The van der Waals surface area contributed by atoms with Crippen molar-refractivity contribution in [3.63, 3.8) is 0 Å². The molecule has 1 aliphatic rings. The summed E-state index contributed by atoms with van der Waals surface area (Å²) in [6.07, 6.45) is -3.90. The van der Waals surface area contributed by atoms with Gasteiger partial charge in [-0.05, 0) is 31.0 Å². The van der Waals surface area contributed by atoms with Gasteiger partial charge < -0.3 is 9.64 Å². The van der Waals surface area contributed by atoms with Crippen molar-refractivity contribution in [1.82, 2.24) is 4.98 Å². The molecular weight excluding hydrogens is 337 g/mol. The number of halogens is 3. The SMILES string of the molecule is Cc1sc(N2CCOCC2)nc1Cc1cccc(C(F)(F)F)c1C. The summed E-state index contributed by atoms with van der Waals surface area (Å²) in [4.78, 5) is 7.89. The second kappa shape index (κ2) is 6.72. The van der Waals surface area contributed by atoms with Gasteiger partial charge in [-0.3, -0.25) is 0 Å². The zero-order valence-electron chi connectivity index (χ0n) is 13.6. The monoisotopic (exact) mass is 356 g/mol. The van der Waals surface area contributed by atoms with Gasteiger partial charge in [0.25, 0.3) is 0 Å². The van der Waals surface area contributed by atoms with Gasteiger partial charge in [-0.1, -0.05) is 12.1 Å². The predicted octanol–water partition coefficient (Wildman–Crippen LogP) is 4.21. The van der Waals surface area contributed by atoms with Crippen LogP contribution < -0.4 is 4.90 Å². The fourth-order valence-corrected chi connectivity index (χ4v) is 3.81. The summed E-state index contributed by atoms with van der Waals surface area (Å²) >= 11 is 1.59. The van der Waals surface area contributed by atoms with E-state index in [4.69, 9.17) is 4.74 Å². The van der Waals surface area contributed by atoms with Crippen LogP contribution in [0.2, 0.25) is 0 Å². The maximum atomic E-state index is 13.1. The van der Waals surface area contributed by atoms with Crippen molar-refractivity contribution in [1.29, 1.82) is 0 Å². The minimum absolute atomic E-state index is 0.283. The van der Waals surface area contributed by atoms with Crippen molar-refractivity contribution in [2.75, 3.05) is 31.2 Å². The molecule has 7 heteroatoms. The third kappa shape index (κ3) is 3.57. The highest BCUT2D eigenvalue weighted by atomic mass is 32.1. The summed E-state index contributed by atoms with van der Waals surface area (Å²) in [5.41, 5.74) is 1.24. The molecule has 2 aromatic rings. The quantitative estimate of drug-likeness (QED) is 0.824. The van der Waals surface area contributed by atoms with Gasteiger partial charge in [0.05, 0.1) is 24.5 Å². The third-order valence-corrected chi connectivity index (χ3v) is 5.35. The molecule has 24 heavy (non-hydrogen) atoms. The second-order valence-electron chi connectivity index (χ2n) is 5.86. The standard InChI is InChI=1S/C17H19F3N2OS/c1-11-13(4-3-5-14(11)17(18,19)20)10-15-12(2)24-16(21-15)22-6-8-23-9-7-22/h3-5H,6-10H2,1-2H3. The Morgan fingerprint density at radius 3 is 2.58 bits per heavy atom. The first-order chi connectivity index (χ1) is 11.4. The number of benzene rings is 1. The molecule has 0 amide bonds. The first-order valence-corrected chi connectivity index (χ1v) is 8.62. The van der Waals surface area contributed by atoms with Gasteiger partial charge in [-0.25, -0.2) is 4.98 Å². The molecule has 0 unspecified atom stereocenters. The van der Waals surface area contributed by atoms with Crippen molar-refractivity contribution < 1.29 is 17.9 Å². The van der Waals surface area contributed by atoms with Crippen LogP contribution in [-0.4, -0.2) is 31.3 Å². The van der Waals surface area contributed by atoms with Crippen LogP contribution in [0.1, 0.15) is 27.3 Å². The van der Waals surface area contributed by atoms with Crippen molar-refractivity contribution in [3.8, 4) is 0 Å².